The van der Waals surface area contributed by atoms with Gasteiger partial charge in [0.1, 0.15) is 6.20 Å². The third-order valence-corrected chi connectivity index (χ3v) is 1.54. The van der Waals surface area contributed by atoms with E-state index in [0.29, 0.717) is 0 Å². The summed E-state index contributed by atoms with van der Waals surface area (Å²) in [6, 6.07) is 0. The summed E-state index contributed by atoms with van der Waals surface area (Å²) >= 11 is 5.36. The molecule has 6 nitrogen and oxygen atoms in total. The zero-order chi connectivity index (χ0) is 11.4. The number of hydrogen-bond acceptors (Lipinski definition) is 5. The van der Waals surface area contributed by atoms with Crippen LogP contribution in [0.5, 0.6) is 0 Å². The molecule has 9 heteroatoms. The SMILES string of the molecule is O=[N+]([O-])c1cnc(Cl)nc1NCC(F)F. The van der Waals surface area contributed by atoms with Crippen LogP contribution in [-0.4, -0.2) is 27.9 Å². The molecule has 0 atom stereocenters. The van der Waals surface area contributed by atoms with Crippen LogP contribution in [0.3, 0.4) is 0 Å². The fourth-order valence-corrected chi connectivity index (χ4v) is 0.925. The molecular weight excluding hydrogens is 234 g/mol. The summed E-state index contributed by atoms with van der Waals surface area (Å²) < 4.78 is 23.7. The van der Waals surface area contributed by atoms with E-state index in [1.54, 1.807) is 0 Å². The lowest BCUT2D eigenvalue weighted by Gasteiger charge is -2.04. The van der Waals surface area contributed by atoms with Crippen LogP contribution in [0, 0.1) is 10.1 Å². The number of nitro groups is 1. The normalized spacial score (nSPS) is 10.4. The maximum absolute atomic E-state index is 11.8. The zero-order valence-corrected chi connectivity index (χ0v) is 7.91. The van der Waals surface area contributed by atoms with Crippen LogP contribution < -0.4 is 5.32 Å². The molecular formula is C6H5ClF2N4O2. The van der Waals surface area contributed by atoms with Crippen molar-refractivity contribution in [3.8, 4) is 0 Å². The van der Waals surface area contributed by atoms with E-state index in [4.69, 9.17) is 11.6 Å². The van der Waals surface area contributed by atoms with Gasteiger partial charge in [0.15, 0.2) is 0 Å². The molecule has 0 aromatic carbocycles. The van der Waals surface area contributed by atoms with Crippen LogP contribution in [0.4, 0.5) is 20.3 Å². The molecule has 0 unspecified atom stereocenters. The Morgan fingerprint density at radius 3 is 2.87 bits per heavy atom. The molecule has 0 fully saturated rings. The predicted molar refractivity (Wildman–Crippen MR) is 48.2 cm³/mol. The summed E-state index contributed by atoms with van der Waals surface area (Å²) in [5, 5.41) is 12.3. The first-order valence-corrected chi connectivity index (χ1v) is 4.07. The molecule has 0 aliphatic carbocycles. The lowest BCUT2D eigenvalue weighted by atomic mass is 10.4. The smallest absolute Gasteiger partial charge is 0.329 e. The topological polar surface area (TPSA) is 81.0 Å². The second kappa shape index (κ2) is 4.78. The average molecular weight is 239 g/mol. The second-order valence-corrected chi connectivity index (χ2v) is 2.74. The van der Waals surface area contributed by atoms with Crippen molar-refractivity contribution >= 4 is 23.1 Å². The molecule has 0 saturated heterocycles. The number of rotatable bonds is 4. The molecule has 0 aliphatic heterocycles. The number of alkyl halides is 2. The van der Waals surface area contributed by atoms with Gasteiger partial charge in [0.2, 0.25) is 11.1 Å². The summed E-state index contributed by atoms with van der Waals surface area (Å²) in [5.41, 5.74) is -0.500. The van der Waals surface area contributed by atoms with E-state index in [1.807, 2.05) is 0 Å². The molecule has 0 bridgehead atoms. The Morgan fingerprint density at radius 2 is 2.33 bits per heavy atom. The third kappa shape index (κ3) is 3.24. The zero-order valence-electron chi connectivity index (χ0n) is 7.15. The maximum Gasteiger partial charge on any atom is 0.329 e. The number of aromatic nitrogens is 2. The summed E-state index contributed by atoms with van der Waals surface area (Å²) in [6.45, 7) is -0.742. The van der Waals surface area contributed by atoms with E-state index in [1.165, 1.54) is 0 Å². The van der Waals surface area contributed by atoms with Crippen molar-refractivity contribution < 1.29 is 13.7 Å². The Hall–Kier alpha value is -1.57. The van der Waals surface area contributed by atoms with E-state index in [0.717, 1.165) is 6.20 Å². The first-order chi connectivity index (χ1) is 7.00. The second-order valence-electron chi connectivity index (χ2n) is 2.40. The minimum Gasteiger partial charge on any atom is -0.358 e. The van der Waals surface area contributed by atoms with Gasteiger partial charge in [0, 0.05) is 0 Å². The number of anilines is 1. The van der Waals surface area contributed by atoms with Crippen LogP contribution in [0.25, 0.3) is 0 Å². The molecule has 1 rings (SSSR count). The Labute approximate surface area is 87.4 Å². The molecule has 1 aromatic rings. The molecule has 0 saturated carbocycles. The first kappa shape index (κ1) is 11.5. The summed E-state index contributed by atoms with van der Waals surface area (Å²) in [6.07, 6.45) is -1.79. The van der Waals surface area contributed by atoms with Gasteiger partial charge >= 0.3 is 5.69 Å². The van der Waals surface area contributed by atoms with Crippen LogP contribution >= 0.6 is 11.6 Å². The van der Waals surface area contributed by atoms with Gasteiger partial charge < -0.3 is 5.32 Å². The van der Waals surface area contributed by atoms with Crippen molar-refractivity contribution in [3.05, 3.63) is 21.6 Å². The van der Waals surface area contributed by atoms with Crippen molar-refractivity contribution in [2.24, 2.45) is 0 Å². The highest BCUT2D eigenvalue weighted by Crippen LogP contribution is 2.21. The average Bonchev–Trinajstić information content (AvgIpc) is 2.14. The summed E-state index contributed by atoms with van der Waals surface area (Å²) in [4.78, 5) is 16.5. The van der Waals surface area contributed by atoms with Gasteiger partial charge in [0.05, 0.1) is 11.5 Å². The van der Waals surface area contributed by atoms with E-state index >= 15 is 0 Å². The molecule has 1 N–H and O–H groups in total. The van der Waals surface area contributed by atoms with Gasteiger partial charge in [-0.05, 0) is 11.6 Å². The van der Waals surface area contributed by atoms with E-state index < -0.39 is 23.6 Å². The van der Waals surface area contributed by atoms with Gasteiger partial charge in [-0.25, -0.2) is 13.8 Å². The minimum absolute atomic E-state index is 0.252. The molecule has 0 spiro atoms. The number of hydrogen-bond donors (Lipinski definition) is 1. The Kier molecular flexibility index (Phi) is 3.67. The van der Waals surface area contributed by atoms with Crippen molar-refractivity contribution in [2.75, 3.05) is 11.9 Å². The lowest BCUT2D eigenvalue weighted by Crippen LogP contribution is -2.13. The van der Waals surface area contributed by atoms with Crippen molar-refractivity contribution in [1.82, 2.24) is 9.97 Å². The fraction of sp³-hybridized carbons (Fsp3) is 0.333. The molecule has 0 amide bonds. The highest BCUT2D eigenvalue weighted by molar-refractivity contribution is 6.28. The standard InChI is InChI=1S/C6H5ClF2N4O2/c7-6-11-1-3(13(14)15)5(12-6)10-2-4(8)9/h1,4H,2H2,(H,10,11,12). The molecule has 0 radical (unpaired) electrons. The van der Waals surface area contributed by atoms with Crippen LogP contribution in [-0.2, 0) is 0 Å². The number of nitrogens with one attached hydrogen (secondary N) is 1. The summed E-state index contributed by atoms with van der Waals surface area (Å²) in [7, 11) is 0. The molecule has 15 heavy (non-hydrogen) atoms. The number of nitrogens with zero attached hydrogens (tertiary/aromatic N) is 3. The lowest BCUT2D eigenvalue weighted by molar-refractivity contribution is -0.384. The monoisotopic (exact) mass is 238 g/mol. The van der Waals surface area contributed by atoms with Gasteiger partial charge in [-0.15, -0.1) is 0 Å². The van der Waals surface area contributed by atoms with Crippen molar-refractivity contribution in [3.63, 3.8) is 0 Å². The van der Waals surface area contributed by atoms with Gasteiger partial charge in [-0.3, -0.25) is 10.1 Å². The van der Waals surface area contributed by atoms with E-state index in [2.05, 4.69) is 15.3 Å². The third-order valence-electron chi connectivity index (χ3n) is 1.36. The van der Waals surface area contributed by atoms with Gasteiger partial charge in [-0.2, -0.15) is 4.98 Å². The highest BCUT2D eigenvalue weighted by atomic mass is 35.5. The molecule has 1 heterocycles. The Bertz CT molecular complexity index is 376. The van der Waals surface area contributed by atoms with Crippen molar-refractivity contribution in [2.45, 2.75) is 6.43 Å². The molecule has 82 valence electrons. The van der Waals surface area contributed by atoms with Crippen LogP contribution in [0.1, 0.15) is 0 Å². The van der Waals surface area contributed by atoms with Gasteiger partial charge in [0.25, 0.3) is 6.43 Å². The predicted octanol–water partition coefficient (Wildman–Crippen LogP) is 1.72. The number of halogens is 3. The Morgan fingerprint density at radius 1 is 1.67 bits per heavy atom. The summed E-state index contributed by atoms with van der Waals surface area (Å²) in [5.74, 6) is -0.319. The van der Waals surface area contributed by atoms with Crippen molar-refractivity contribution in [1.29, 1.82) is 0 Å². The van der Waals surface area contributed by atoms with Crippen LogP contribution in [0.2, 0.25) is 5.28 Å². The van der Waals surface area contributed by atoms with E-state index in [-0.39, 0.29) is 11.1 Å². The minimum atomic E-state index is -2.64. The highest BCUT2D eigenvalue weighted by Gasteiger charge is 2.17. The maximum atomic E-state index is 11.8. The molecule has 1 aromatic heterocycles. The van der Waals surface area contributed by atoms with Crippen LogP contribution in [0.15, 0.2) is 6.20 Å². The van der Waals surface area contributed by atoms with E-state index in [9.17, 15) is 18.9 Å². The molecule has 0 aliphatic rings. The largest absolute Gasteiger partial charge is 0.358 e. The first-order valence-electron chi connectivity index (χ1n) is 3.69. The quantitative estimate of drug-likeness (QED) is 0.491. The Balaban J connectivity index is 2.92. The fourth-order valence-electron chi connectivity index (χ4n) is 0.791. The van der Waals surface area contributed by atoms with Gasteiger partial charge in [-0.1, -0.05) is 0 Å².